The molecule has 144 valence electrons. The van der Waals surface area contributed by atoms with Gasteiger partial charge in [0, 0.05) is 23.1 Å². The van der Waals surface area contributed by atoms with Gasteiger partial charge in [-0.2, -0.15) is 0 Å². The Morgan fingerprint density at radius 2 is 1.62 bits per heavy atom. The Balaban J connectivity index is 1.62. The van der Waals surface area contributed by atoms with Gasteiger partial charge in [-0.15, -0.1) is 0 Å². The Labute approximate surface area is 171 Å². The number of nitrogens with zero attached hydrogens (tertiary/aromatic N) is 1. The van der Waals surface area contributed by atoms with Crippen LogP contribution in [0.1, 0.15) is 22.3 Å². The van der Waals surface area contributed by atoms with Gasteiger partial charge in [0.15, 0.2) is 0 Å². The van der Waals surface area contributed by atoms with Gasteiger partial charge in [-0.25, -0.2) is 0 Å². The summed E-state index contributed by atoms with van der Waals surface area (Å²) in [5, 5.41) is 4.49. The Kier molecular flexibility index (Phi) is 4.24. The lowest BCUT2D eigenvalue weighted by atomic mass is 9.93. The van der Waals surface area contributed by atoms with Gasteiger partial charge in [0.25, 0.3) is 0 Å². The van der Waals surface area contributed by atoms with Crippen molar-refractivity contribution in [3.63, 3.8) is 0 Å². The maximum Gasteiger partial charge on any atom is 0.136 e. The summed E-state index contributed by atoms with van der Waals surface area (Å²) >= 11 is 0. The summed E-state index contributed by atoms with van der Waals surface area (Å²) in [4.78, 5) is 4.59. The second-order valence-corrected chi connectivity index (χ2v) is 7.84. The van der Waals surface area contributed by atoms with Gasteiger partial charge in [-0.05, 0) is 61.2 Å². The molecule has 1 aliphatic heterocycles. The van der Waals surface area contributed by atoms with Crippen LogP contribution in [0.4, 0.5) is 0 Å². The number of hydrogen-bond donors (Lipinski definition) is 1. The maximum atomic E-state index is 6.24. The van der Waals surface area contributed by atoms with Crippen molar-refractivity contribution in [1.29, 1.82) is 0 Å². The van der Waals surface area contributed by atoms with Crippen molar-refractivity contribution in [3.8, 4) is 22.5 Å². The van der Waals surface area contributed by atoms with Crippen LogP contribution in [-0.4, -0.2) is 18.9 Å². The molecule has 5 rings (SSSR count). The van der Waals surface area contributed by atoms with Crippen LogP contribution in [0, 0.1) is 20.8 Å². The third-order valence-corrected chi connectivity index (χ3v) is 5.60. The van der Waals surface area contributed by atoms with E-state index in [-0.39, 0.29) is 0 Å². The number of amidine groups is 1. The van der Waals surface area contributed by atoms with Crippen molar-refractivity contribution in [1.82, 2.24) is 5.32 Å². The minimum atomic E-state index is 0.822. The third kappa shape index (κ3) is 3.13. The Bertz CT molecular complexity index is 1240. The normalized spacial score (nSPS) is 13.6. The van der Waals surface area contributed by atoms with E-state index >= 15 is 0 Å². The molecule has 0 aliphatic carbocycles. The van der Waals surface area contributed by atoms with E-state index in [9.17, 15) is 0 Å². The fourth-order valence-corrected chi connectivity index (χ4v) is 4.45. The molecule has 0 unspecified atom stereocenters. The first-order valence-corrected chi connectivity index (χ1v) is 10.1. The number of furan rings is 1. The smallest absolute Gasteiger partial charge is 0.136 e. The van der Waals surface area contributed by atoms with Gasteiger partial charge in [0.1, 0.15) is 17.2 Å². The summed E-state index contributed by atoms with van der Waals surface area (Å²) in [6.45, 7) is 8.24. The molecule has 0 saturated carbocycles. The number of hydrogen-bond acceptors (Lipinski definition) is 3. The molecule has 1 aromatic heterocycles. The molecule has 3 nitrogen and oxygen atoms in total. The summed E-state index contributed by atoms with van der Waals surface area (Å²) in [6.07, 6.45) is 0. The molecule has 0 amide bonds. The lowest BCUT2D eigenvalue weighted by Gasteiger charge is -2.11. The van der Waals surface area contributed by atoms with E-state index in [1.54, 1.807) is 0 Å². The van der Waals surface area contributed by atoms with Gasteiger partial charge >= 0.3 is 0 Å². The summed E-state index contributed by atoms with van der Waals surface area (Å²) in [5.74, 6) is 1.83. The molecule has 4 aromatic rings. The van der Waals surface area contributed by atoms with E-state index < -0.39 is 0 Å². The Morgan fingerprint density at radius 1 is 0.862 bits per heavy atom. The summed E-state index contributed by atoms with van der Waals surface area (Å²) in [6, 6.07) is 21.4. The highest BCUT2D eigenvalue weighted by atomic mass is 16.3. The summed E-state index contributed by atoms with van der Waals surface area (Å²) < 4.78 is 6.24. The van der Waals surface area contributed by atoms with Crippen LogP contribution < -0.4 is 5.32 Å². The minimum absolute atomic E-state index is 0.822. The predicted octanol–water partition coefficient (Wildman–Crippen LogP) is 6.04. The van der Waals surface area contributed by atoms with E-state index in [0.29, 0.717) is 0 Å². The Hall–Kier alpha value is -3.33. The highest BCUT2D eigenvalue weighted by Gasteiger charge is 2.17. The number of fused-ring (bicyclic) bond motifs is 1. The van der Waals surface area contributed by atoms with Crippen LogP contribution in [0.15, 0.2) is 70.1 Å². The first-order chi connectivity index (χ1) is 14.1. The maximum absolute atomic E-state index is 6.24. The van der Waals surface area contributed by atoms with Crippen LogP contribution in [0.2, 0.25) is 0 Å². The third-order valence-electron chi connectivity index (χ3n) is 5.60. The van der Waals surface area contributed by atoms with Crippen LogP contribution in [0.25, 0.3) is 33.4 Å². The second kappa shape index (κ2) is 6.93. The lowest BCUT2D eigenvalue weighted by molar-refractivity contribution is 0.631. The molecule has 0 bridgehead atoms. The fraction of sp³-hybridized carbons (Fsp3) is 0.192. The number of aryl methyl sites for hydroxylation is 3. The molecule has 0 spiro atoms. The van der Waals surface area contributed by atoms with Crippen molar-refractivity contribution in [2.24, 2.45) is 4.99 Å². The molecule has 0 saturated heterocycles. The van der Waals surface area contributed by atoms with E-state index in [1.807, 2.05) is 12.1 Å². The largest absolute Gasteiger partial charge is 0.456 e. The molecule has 3 aromatic carbocycles. The van der Waals surface area contributed by atoms with E-state index in [4.69, 9.17) is 4.42 Å². The van der Waals surface area contributed by atoms with Gasteiger partial charge in [0.05, 0.1) is 6.54 Å². The molecule has 2 heterocycles. The van der Waals surface area contributed by atoms with Gasteiger partial charge in [0.2, 0.25) is 0 Å². The zero-order valence-electron chi connectivity index (χ0n) is 17.0. The van der Waals surface area contributed by atoms with Crippen molar-refractivity contribution in [3.05, 3.63) is 82.9 Å². The van der Waals surface area contributed by atoms with Crippen molar-refractivity contribution >= 4 is 16.8 Å². The average molecular weight is 380 g/mol. The second-order valence-electron chi connectivity index (χ2n) is 7.84. The van der Waals surface area contributed by atoms with Gasteiger partial charge in [-0.1, -0.05) is 48.0 Å². The minimum Gasteiger partial charge on any atom is -0.456 e. The lowest BCUT2D eigenvalue weighted by Crippen LogP contribution is -2.20. The van der Waals surface area contributed by atoms with Crippen LogP contribution in [0.3, 0.4) is 0 Å². The summed E-state index contributed by atoms with van der Waals surface area (Å²) in [5.41, 5.74) is 9.52. The van der Waals surface area contributed by atoms with Crippen molar-refractivity contribution in [2.45, 2.75) is 20.8 Å². The number of rotatable bonds is 3. The predicted molar refractivity (Wildman–Crippen MR) is 121 cm³/mol. The molecule has 1 N–H and O–H groups in total. The Morgan fingerprint density at radius 3 is 2.34 bits per heavy atom. The summed E-state index contributed by atoms with van der Waals surface area (Å²) in [7, 11) is 0. The topological polar surface area (TPSA) is 37.5 Å². The van der Waals surface area contributed by atoms with Crippen molar-refractivity contribution in [2.75, 3.05) is 13.1 Å². The van der Waals surface area contributed by atoms with Crippen LogP contribution in [-0.2, 0) is 0 Å². The highest BCUT2D eigenvalue weighted by Crippen LogP contribution is 2.35. The van der Waals surface area contributed by atoms with Gasteiger partial charge in [-0.3, -0.25) is 4.99 Å². The molecule has 1 aliphatic rings. The highest BCUT2D eigenvalue weighted by molar-refractivity contribution is 6.05. The monoisotopic (exact) mass is 380 g/mol. The molecule has 29 heavy (non-hydrogen) atoms. The number of benzene rings is 3. The first-order valence-electron chi connectivity index (χ1n) is 10.1. The van der Waals surface area contributed by atoms with Crippen LogP contribution in [0.5, 0.6) is 0 Å². The number of aliphatic imine (C=N–C) groups is 1. The quantitative estimate of drug-likeness (QED) is 0.470. The van der Waals surface area contributed by atoms with E-state index in [0.717, 1.165) is 46.8 Å². The van der Waals surface area contributed by atoms with E-state index in [2.05, 4.69) is 79.6 Å². The SMILES string of the molecule is Cc1cc(C)c(-c2ccc3oc(-c4ccccc4C4=NCCN4)cc3c2)c(C)c1. The first kappa shape index (κ1) is 17.7. The standard InChI is InChI=1S/C26H24N2O/c1-16-12-17(2)25(18(3)13-16)19-8-9-23-20(14-19)15-24(29-23)21-6-4-5-7-22(21)26-27-10-11-28-26/h4-9,12-15H,10-11H2,1-3H3,(H,27,28). The molecule has 0 fully saturated rings. The molecule has 0 radical (unpaired) electrons. The average Bonchev–Trinajstić information content (AvgIpc) is 3.37. The molecular formula is C26H24N2O. The van der Waals surface area contributed by atoms with Crippen LogP contribution >= 0.6 is 0 Å². The molecule has 3 heteroatoms. The van der Waals surface area contributed by atoms with Crippen molar-refractivity contribution < 1.29 is 4.42 Å². The molecular weight excluding hydrogens is 356 g/mol. The number of nitrogens with one attached hydrogen (secondary N) is 1. The zero-order chi connectivity index (χ0) is 20.0. The fourth-order valence-electron chi connectivity index (χ4n) is 4.45. The van der Waals surface area contributed by atoms with E-state index in [1.165, 1.54) is 27.8 Å². The van der Waals surface area contributed by atoms with Gasteiger partial charge < -0.3 is 9.73 Å². The zero-order valence-corrected chi connectivity index (χ0v) is 17.0. The molecule has 0 atom stereocenters.